The molecule has 1 saturated heterocycles. The van der Waals surface area contributed by atoms with E-state index in [1.54, 1.807) is 7.05 Å². The highest BCUT2D eigenvalue weighted by atomic mass is 35.5. The molecule has 2 rings (SSSR count). The summed E-state index contributed by atoms with van der Waals surface area (Å²) in [6.07, 6.45) is 1.42. The lowest BCUT2D eigenvalue weighted by Crippen LogP contribution is -2.49. The van der Waals surface area contributed by atoms with Gasteiger partial charge in [0, 0.05) is 39.8 Å². The van der Waals surface area contributed by atoms with Gasteiger partial charge in [0.15, 0.2) is 0 Å². The van der Waals surface area contributed by atoms with Crippen molar-refractivity contribution < 1.29 is 8.42 Å². The number of imidazole rings is 1. The van der Waals surface area contributed by atoms with Crippen molar-refractivity contribution in [2.45, 2.75) is 18.9 Å². The van der Waals surface area contributed by atoms with E-state index in [0.29, 0.717) is 19.0 Å². The fourth-order valence-electron chi connectivity index (χ4n) is 2.36. The lowest BCUT2D eigenvalue weighted by atomic mass is 10.2. The molecule has 1 fully saturated rings. The highest BCUT2D eigenvalue weighted by molar-refractivity contribution is 7.89. The minimum atomic E-state index is -3.58. The molecule has 0 atom stereocenters. The van der Waals surface area contributed by atoms with E-state index in [9.17, 15) is 8.42 Å². The van der Waals surface area contributed by atoms with E-state index < -0.39 is 10.0 Å². The van der Waals surface area contributed by atoms with Crippen LogP contribution in [0.1, 0.15) is 13.8 Å². The number of halogens is 1. The van der Waals surface area contributed by atoms with Gasteiger partial charge in [-0.1, -0.05) is 25.4 Å². The van der Waals surface area contributed by atoms with Crippen molar-refractivity contribution in [2.75, 3.05) is 32.7 Å². The second-order valence-corrected chi connectivity index (χ2v) is 7.76. The van der Waals surface area contributed by atoms with Crippen LogP contribution >= 0.6 is 11.6 Å². The van der Waals surface area contributed by atoms with Gasteiger partial charge in [-0.2, -0.15) is 4.31 Å². The van der Waals surface area contributed by atoms with Crippen LogP contribution in [-0.2, 0) is 17.1 Å². The van der Waals surface area contributed by atoms with Gasteiger partial charge in [-0.05, 0) is 5.92 Å². The molecule has 0 N–H and O–H groups in total. The summed E-state index contributed by atoms with van der Waals surface area (Å²) in [7, 11) is -1.91. The lowest BCUT2D eigenvalue weighted by molar-refractivity contribution is 0.172. The predicted octanol–water partition coefficient (Wildman–Crippen LogP) is 1.04. The monoisotopic (exact) mass is 320 g/mol. The molecule has 2 heterocycles. The Labute approximate surface area is 125 Å². The predicted molar refractivity (Wildman–Crippen MR) is 78.3 cm³/mol. The number of aromatic nitrogens is 2. The van der Waals surface area contributed by atoms with Gasteiger partial charge in [-0.25, -0.2) is 13.4 Å². The van der Waals surface area contributed by atoms with Crippen molar-refractivity contribution in [3.8, 4) is 0 Å². The molecule has 0 aliphatic carbocycles. The first-order valence-electron chi connectivity index (χ1n) is 6.71. The zero-order valence-corrected chi connectivity index (χ0v) is 13.7. The molecule has 0 unspecified atom stereocenters. The average Bonchev–Trinajstić information content (AvgIpc) is 2.70. The molecule has 0 bridgehead atoms. The summed E-state index contributed by atoms with van der Waals surface area (Å²) in [5.74, 6) is 0.586. The van der Waals surface area contributed by atoms with Crippen LogP contribution in [0.15, 0.2) is 11.4 Å². The number of hydrogen-bond acceptors (Lipinski definition) is 4. The van der Waals surface area contributed by atoms with Gasteiger partial charge < -0.3 is 9.47 Å². The van der Waals surface area contributed by atoms with Gasteiger partial charge >= 0.3 is 0 Å². The molecule has 0 aromatic carbocycles. The highest BCUT2D eigenvalue weighted by Gasteiger charge is 2.32. The van der Waals surface area contributed by atoms with Gasteiger partial charge in [0.2, 0.25) is 5.03 Å². The van der Waals surface area contributed by atoms with E-state index in [-0.39, 0.29) is 10.2 Å². The molecule has 0 spiro atoms. The van der Waals surface area contributed by atoms with Gasteiger partial charge in [0.05, 0.1) is 6.33 Å². The molecule has 1 aromatic rings. The topological polar surface area (TPSA) is 58.4 Å². The van der Waals surface area contributed by atoms with Crippen molar-refractivity contribution >= 4 is 21.6 Å². The number of aryl methyl sites for hydroxylation is 1. The van der Waals surface area contributed by atoms with Crippen LogP contribution in [-0.4, -0.2) is 59.9 Å². The first kappa shape index (κ1) is 15.8. The fourth-order valence-corrected chi connectivity index (χ4v) is 4.17. The van der Waals surface area contributed by atoms with Crippen LogP contribution in [0.3, 0.4) is 0 Å². The van der Waals surface area contributed by atoms with Gasteiger partial charge in [-0.3, -0.25) is 0 Å². The Balaban J connectivity index is 2.08. The largest absolute Gasteiger partial charge is 0.324 e. The van der Waals surface area contributed by atoms with Crippen LogP contribution in [0, 0.1) is 5.92 Å². The van der Waals surface area contributed by atoms with E-state index >= 15 is 0 Å². The lowest BCUT2D eigenvalue weighted by Gasteiger charge is -2.34. The Hall–Kier alpha value is -0.630. The molecule has 20 heavy (non-hydrogen) atoms. The third kappa shape index (κ3) is 3.16. The summed E-state index contributed by atoms with van der Waals surface area (Å²) in [5.41, 5.74) is 0. The van der Waals surface area contributed by atoms with Crippen LogP contribution in [0.5, 0.6) is 0 Å². The van der Waals surface area contributed by atoms with Crippen molar-refractivity contribution in [3.05, 3.63) is 11.5 Å². The SMILES string of the molecule is CC(C)CN1CCN(S(=O)(=O)c2ncn(C)c2Cl)CC1. The zero-order valence-electron chi connectivity index (χ0n) is 12.1. The number of nitrogens with zero attached hydrogens (tertiary/aromatic N) is 4. The van der Waals surface area contributed by atoms with E-state index in [1.165, 1.54) is 15.2 Å². The Bertz CT molecular complexity index is 562. The quantitative estimate of drug-likeness (QED) is 0.831. The van der Waals surface area contributed by atoms with E-state index in [0.717, 1.165) is 19.6 Å². The number of sulfonamides is 1. The summed E-state index contributed by atoms with van der Waals surface area (Å²) in [6, 6.07) is 0. The standard InChI is InChI=1S/C12H21ClN4O2S/c1-10(2)8-16-4-6-17(7-5-16)20(18,19)12-11(13)15(3)9-14-12/h9-10H,4-8H2,1-3H3. The molecule has 1 aromatic heterocycles. The van der Waals surface area contributed by atoms with Gasteiger partial charge in [-0.15, -0.1) is 0 Å². The Morgan fingerprint density at radius 1 is 1.30 bits per heavy atom. The summed E-state index contributed by atoms with van der Waals surface area (Å²) in [4.78, 5) is 6.21. The maximum Gasteiger partial charge on any atom is 0.263 e. The third-order valence-corrected chi connectivity index (χ3v) is 5.76. The van der Waals surface area contributed by atoms with Crippen LogP contribution in [0.2, 0.25) is 5.15 Å². The van der Waals surface area contributed by atoms with Gasteiger partial charge in [0.1, 0.15) is 5.15 Å². The smallest absolute Gasteiger partial charge is 0.263 e. The number of piperazine rings is 1. The molecule has 0 saturated carbocycles. The van der Waals surface area contributed by atoms with Crippen LogP contribution < -0.4 is 0 Å². The first-order valence-corrected chi connectivity index (χ1v) is 8.53. The maximum absolute atomic E-state index is 12.5. The first-order chi connectivity index (χ1) is 9.32. The number of hydrogen-bond donors (Lipinski definition) is 0. The Kier molecular flexibility index (Phi) is 4.73. The van der Waals surface area contributed by atoms with Crippen molar-refractivity contribution in [1.82, 2.24) is 18.8 Å². The molecular weight excluding hydrogens is 300 g/mol. The van der Waals surface area contributed by atoms with Crippen LogP contribution in [0.4, 0.5) is 0 Å². The summed E-state index contributed by atoms with van der Waals surface area (Å²) in [5, 5.41) is 0.119. The van der Waals surface area contributed by atoms with Crippen LogP contribution in [0.25, 0.3) is 0 Å². The summed E-state index contributed by atoms with van der Waals surface area (Å²) in [6.45, 7) is 7.80. The molecule has 8 heteroatoms. The molecule has 0 amide bonds. The minimum absolute atomic E-state index is 0.0426. The summed E-state index contributed by atoms with van der Waals surface area (Å²) >= 11 is 5.99. The number of rotatable bonds is 4. The third-order valence-electron chi connectivity index (χ3n) is 3.37. The second-order valence-electron chi connectivity index (χ2n) is 5.55. The molecule has 1 aliphatic rings. The van der Waals surface area contributed by atoms with E-state index in [1.807, 2.05) is 0 Å². The Morgan fingerprint density at radius 3 is 2.35 bits per heavy atom. The van der Waals surface area contributed by atoms with Crippen molar-refractivity contribution in [2.24, 2.45) is 13.0 Å². The second kappa shape index (κ2) is 6.01. The normalized spacial score (nSPS) is 18.9. The molecule has 114 valence electrons. The summed E-state index contributed by atoms with van der Waals surface area (Å²) < 4.78 is 28.0. The minimum Gasteiger partial charge on any atom is -0.324 e. The van der Waals surface area contributed by atoms with Crippen molar-refractivity contribution in [3.63, 3.8) is 0 Å². The van der Waals surface area contributed by atoms with Crippen molar-refractivity contribution in [1.29, 1.82) is 0 Å². The molecule has 6 nitrogen and oxygen atoms in total. The molecule has 1 aliphatic heterocycles. The maximum atomic E-state index is 12.5. The highest BCUT2D eigenvalue weighted by Crippen LogP contribution is 2.23. The zero-order chi connectivity index (χ0) is 14.9. The fraction of sp³-hybridized carbons (Fsp3) is 0.750. The van der Waals surface area contributed by atoms with E-state index in [4.69, 9.17) is 11.6 Å². The average molecular weight is 321 g/mol. The molecule has 0 radical (unpaired) electrons. The molecular formula is C12H21ClN4O2S. The van der Waals surface area contributed by atoms with E-state index in [2.05, 4.69) is 23.7 Å². The van der Waals surface area contributed by atoms with Gasteiger partial charge in [0.25, 0.3) is 10.0 Å². The Morgan fingerprint density at radius 2 is 1.90 bits per heavy atom.